The van der Waals surface area contributed by atoms with E-state index < -0.39 is 0 Å². The van der Waals surface area contributed by atoms with Gasteiger partial charge >= 0.3 is 6.03 Å². The number of pyridine rings is 1. The molecular weight excluding hydrogens is 400 g/mol. The van der Waals surface area contributed by atoms with Crippen molar-refractivity contribution in [1.82, 2.24) is 25.1 Å². The summed E-state index contributed by atoms with van der Waals surface area (Å²) in [6, 6.07) is 4.09. The minimum absolute atomic E-state index is 0.0193. The van der Waals surface area contributed by atoms with E-state index in [-0.39, 0.29) is 17.5 Å². The third kappa shape index (κ3) is 4.62. The second-order valence-electron chi connectivity index (χ2n) is 8.35. The summed E-state index contributed by atoms with van der Waals surface area (Å²) in [6.45, 7) is 9.47. The second kappa shape index (κ2) is 8.31. The minimum atomic E-state index is -0.144. The van der Waals surface area contributed by atoms with Gasteiger partial charge in [0.05, 0.1) is 5.54 Å². The van der Waals surface area contributed by atoms with E-state index in [2.05, 4.69) is 31.6 Å². The van der Waals surface area contributed by atoms with Crippen molar-refractivity contribution < 1.29 is 9.59 Å². The standard InChI is InChI=1S/C21H28N6O2S/c1-14-4-5-17(15(2)23-14)11-27-13-21(25-20(27)29)6-8-26(9-7-21)12-18-10-22-19(30-18)24-16(3)28/h4-5,10H,6-9,11-13H2,1-3H3,(H,25,29)(H,22,24,28). The van der Waals surface area contributed by atoms with Crippen molar-refractivity contribution in [3.63, 3.8) is 0 Å². The molecule has 4 rings (SSSR count). The normalized spacial score (nSPS) is 18.6. The predicted molar refractivity (Wildman–Crippen MR) is 116 cm³/mol. The van der Waals surface area contributed by atoms with Crippen LogP contribution >= 0.6 is 11.3 Å². The molecule has 4 heterocycles. The van der Waals surface area contributed by atoms with E-state index in [1.165, 1.54) is 18.3 Å². The van der Waals surface area contributed by atoms with Crippen molar-refractivity contribution in [3.05, 3.63) is 40.2 Å². The average Bonchev–Trinajstić information content (AvgIpc) is 3.23. The van der Waals surface area contributed by atoms with Gasteiger partial charge in [-0.05, 0) is 38.3 Å². The fourth-order valence-corrected chi connectivity index (χ4v) is 5.13. The molecular formula is C21H28N6O2S. The first-order valence-corrected chi connectivity index (χ1v) is 11.1. The van der Waals surface area contributed by atoms with Gasteiger partial charge in [-0.2, -0.15) is 0 Å². The summed E-state index contributed by atoms with van der Waals surface area (Å²) < 4.78 is 0. The van der Waals surface area contributed by atoms with Gasteiger partial charge in [0.15, 0.2) is 5.13 Å². The van der Waals surface area contributed by atoms with Crippen LogP contribution in [-0.4, -0.2) is 56.9 Å². The van der Waals surface area contributed by atoms with Gasteiger partial charge in [0.25, 0.3) is 0 Å². The minimum Gasteiger partial charge on any atom is -0.331 e. The molecule has 8 nitrogen and oxygen atoms in total. The van der Waals surface area contributed by atoms with Crippen molar-refractivity contribution >= 4 is 28.4 Å². The van der Waals surface area contributed by atoms with Crippen LogP contribution in [0.3, 0.4) is 0 Å². The SMILES string of the molecule is CC(=O)Nc1ncc(CN2CCC3(CC2)CN(Cc2ccc(C)nc2C)C(=O)N3)s1. The van der Waals surface area contributed by atoms with E-state index in [1.807, 2.05) is 31.0 Å². The number of rotatable bonds is 5. The third-order valence-electron chi connectivity index (χ3n) is 5.88. The first-order chi connectivity index (χ1) is 14.3. The van der Waals surface area contributed by atoms with Gasteiger partial charge in [-0.3, -0.25) is 14.7 Å². The Morgan fingerprint density at radius 3 is 2.73 bits per heavy atom. The Labute approximate surface area is 180 Å². The van der Waals surface area contributed by atoms with Crippen LogP contribution in [0.1, 0.15) is 41.6 Å². The number of likely N-dealkylation sites (tertiary alicyclic amines) is 1. The maximum Gasteiger partial charge on any atom is 0.318 e. The number of hydrogen-bond donors (Lipinski definition) is 2. The van der Waals surface area contributed by atoms with Gasteiger partial charge < -0.3 is 15.5 Å². The average molecular weight is 429 g/mol. The third-order valence-corrected chi connectivity index (χ3v) is 6.78. The van der Waals surface area contributed by atoms with Gasteiger partial charge in [0.2, 0.25) is 5.91 Å². The molecule has 0 atom stereocenters. The molecule has 160 valence electrons. The largest absolute Gasteiger partial charge is 0.331 e. The lowest BCUT2D eigenvalue weighted by molar-refractivity contribution is -0.114. The van der Waals surface area contributed by atoms with Gasteiger partial charge in [-0.15, -0.1) is 11.3 Å². The zero-order valence-corrected chi connectivity index (χ0v) is 18.5. The summed E-state index contributed by atoms with van der Waals surface area (Å²) in [5.41, 5.74) is 2.94. The highest BCUT2D eigenvalue weighted by Gasteiger charge is 2.44. The molecule has 2 aliphatic heterocycles. The molecule has 1 spiro atoms. The van der Waals surface area contributed by atoms with Gasteiger partial charge in [-0.25, -0.2) is 9.78 Å². The lowest BCUT2D eigenvalue weighted by atomic mass is 9.88. The number of amides is 3. The summed E-state index contributed by atoms with van der Waals surface area (Å²) in [7, 11) is 0. The summed E-state index contributed by atoms with van der Waals surface area (Å²) in [6.07, 6.45) is 3.69. The van der Waals surface area contributed by atoms with Crippen LogP contribution in [0.5, 0.6) is 0 Å². The number of carbonyl (C=O) groups is 2. The van der Waals surface area contributed by atoms with Gasteiger partial charge in [0.1, 0.15) is 0 Å². The second-order valence-corrected chi connectivity index (χ2v) is 9.47. The zero-order valence-electron chi connectivity index (χ0n) is 17.7. The monoisotopic (exact) mass is 428 g/mol. The molecule has 0 saturated carbocycles. The molecule has 9 heteroatoms. The molecule has 2 aromatic heterocycles. The molecule has 0 bridgehead atoms. The van der Waals surface area contributed by atoms with Crippen LogP contribution < -0.4 is 10.6 Å². The maximum absolute atomic E-state index is 12.6. The van der Waals surface area contributed by atoms with Crippen LogP contribution in [0.25, 0.3) is 0 Å². The van der Waals surface area contributed by atoms with E-state index in [1.54, 1.807) is 0 Å². The summed E-state index contributed by atoms with van der Waals surface area (Å²) in [5.74, 6) is -0.103. The number of nitrogens with zero attached hydrogens (tertiary/aromatic N) is 4. The number of urea groups is 1. The van der Waals surface area contributed by atoms with Crippen LogP contribution in [0.2, 0.25) is 0 Å². The molecule has 0 aliphatic carbocycles. The molecule has 0 aromatic carbocycles. The summed E-state index contributed by atoms with van der Waals surface area (Å²) in [4.78, 5) is 38.0. The van der Waals surface area contributed by atoms with E-state index in [4.69, 9.17) is 0 Å². The number of carbonyl (C=O) groups excluding carboxylic acids is 2. The van der Waals surface area contributed by atoms with Crippen molar-refractivity contribution in [2.75, 3.05) is 25.0 Å². The number of nitrogens with one attached hydrogen (secondary N) is 2. The van der Waals surface area contributed by atoms with Crippen LogP contribution in [0, 0.1) is 13.8 Å². The Morgan fingerprint density at radius 1 is 1.27 bits per heavy atom. The van der Waals surface area contributed by atoms with Crippen molar-refractivity contribution in [2.24, 2.45) is 0 Å². The molecule has 2 aromatic rings. The lowest BCUT2D eigenvalue weighted by Gasteiger charge is -2.38. The quantitative estimate of drug-likeness (QED) is 0.764. The molecule has 2 aliphatic rings. The zero-order chi connectivity index (χ0) is 21.3. The molecule has 0 unspecified atom stereocenters. The molecule has 0 radical (unpaired) electrons. The Balaban J connectivity index is 1.32. The van der Waals surface area contributed by atoms with Crippen LogP contribution in [-0.2, 0) is 17.9 Å². The number of piperidine rings is 1. The smallest absolute Gasteiger partial charge is 0.318 e. The Kier molecular flexibility index (Phi) is 5.75. The van der Waals surface area contributed by atoms with Crippen molar-refractivity contribution in [2.45, 2.75) is 52.2 Å². The fourth-order valence-electron chi connectivity index (χ4n) is 4.23. The Hall–Kier alpha value is -2.52. The fraction of sp³-hybridized carbons (Fsp3) is 0.524. The number of hydrogen-bond acceptors (Lipinski definition) is 6. The number of anilines is 1. The topological polar surface area (TPSA) is 90.5 Å². The number of thiazole rings is 1. The number of aromatic nitrogens is 2. The van der Waals surface area contributed by atoms with E-state index in [0.717, 1.165) is 60.8 Å². The highest BCUT2D eigenvalue weighted by molar-refractivity contribution is 7.15. The van der Waals surface area contributed by atoms with Gasteiger partial charge in [0, 0.05) is 62.1 Å². The summed E-state index contributed by atoms with van der Waals surface area (Å²) >= 11 is 1.51. The first kappa shape index (κ1) is 20.7. The Morgan fingerprint density at radius 2 is 2.03 bits per heavy atom. The molecule has 2 saturated heterocycles. The van der Waals surface area contributed by atoms with E-state index in [0.29, 0.717) is 11.7 Å². The lowest BCUT2D eigenvalue weighted by Crippen LogP contribution is -2.52. The predicted octanol–water partition coefficient (Wildman–Crippen LogP) is 2.67. The summed E-state index contributed by atoms with van der Waals surface area (Å²) in [5, 5.41) is 6.64. The van der Waals surface area contributed by atoms with E-state index >= 15 is 0 Å². The molecule has 2 fully saturated rings. The van der Waals surface area contributed by atoms with Crippen molar-refractivity contribution in [3.8, 4) is 0 Å². The van der Waals surface area contributed by atoms with Crippen LogP contribution in [0.4, 0.5) is 9.93 Å². The number of aryl methyl sites for hydroxylation is 2. The highest BCUT2D eigenvalue weighted by Crippen LogP contribution is 2.30. The maximum atomic E-state index is 12.6. The molecule has 2 N–H and O–H groups in total. The Bertz CT molecular complexity index is 951. The highest BCUT2D eigenvalue weighted by atomic mass is 32.1. The first-order valence-electron chi connectivity index (χ1n) is 10.3. The molecule has 3 amide bonds. The van der Waals surface area contributed by atoms with Gasteiger partial charge in [-0.1, -0.05) is 6.07 Å². The van der Waals surface area contributed by atoms with E-state index in [9.17, 15) is 9.59 Å². The van der Waals surface area contributed by atoms with Crippen LogP contribution in [0.15, 0.2) is 18.3 Å². The molecule has 30 heavy (non-hydrogen) atoms. The van der Waals surface area contributed by atoms with Crippen molar-refractivity contribution in [1.29, 1.82) is 0 Å².